The van der Waals surface area contributed by atoms with E-state index in [4.69, 9.17) is 18.6 Å². The number of amides is 1. The summed E-state index contributed by atoms with van der Waals surface area (Å²) in [6.07, 6.45) is 2.78. The number of ether oxygens (including phenoxy) is 3. The monoisotopic (exact) mass is 699 g/mol. The zero-order chi connectivity index (χ0) is 34.4. The van der Waals surface area contributed by atoms with E-state index in [1.807, 2.05) is 36.6 Å². The molecule has 3 aromatic carbocycles. The van der Waals surface area contributed by atoms with Gasteiger partial charge in [-0.3, -0.25) is 24.5 Å². The molecule has 0 saturated carbocycles. The second kappa shape index (κ2) is 15.1. The van der Waals surface area contributed by atoms with Crippen LogP contribution in [-0.2, 0) is 18.7 Å². The molecule has 3 heterocycles. The molecule has 1 saturated heterocycles. The van der Waals surface area contributed by atoms with Crippen molar-refractivity contribution in [3.8, 4) is 5.75 Å². The van der Waals surface area contributed by atoms with Gasteiger partial charge in [0.05, 0.1) is 25.0 Å². The first-order valence-corrected chi connectivity index (χ1v) is 19.5. The van der Waals surface area contributed by atoms with Crippen molar-refractivity contribution in [1.29, 1.82) is 0 Å². The fraction of sp³-hybridized carbons (Fsp3) is 0.333. The molecule has 13 heteroatoms. The number of benzene rings is 3. The molecule has 256 valence electrons. The van der Waals surface area contributed by atoms with Gasteiger partial charge in [0.25, 0.3) is 19.8 Å². The van der Waals surface area contributed by atoms with Crippen LogP contribution in [0.4, 0.5) is 5.95 Å². The van der Waals surface area contributed by atoms with Gasteiger partial charge in [-0.05, 0) is 33.8 Å². The SMILES string of the molecule is CSCO[C@@H]1C[C@H](n2cnc3c(=O)[nH]c(NC(=O)COc4ccccc4)nc32)O[C@@H]1CO[Si](c1ccccc1)(c1ccccc1)C(C)(C)C. The van der Waals surface area contributed by atoms with E-state index in [-0.39, 0.29) is 34.9 Å². The number of imidazole rings is 1. The Kier molecular flexibility index (Phi) is 10.7. The molecule has 1 aliphatic rings. The van der Waals surface area contributed by atoms with E-state index >= 15 is 0 Å². The normalized spacial score (nSPS) is 18.1. The summed E-state index contributed by atoms with van der Waals surface area (Å²) >= 11 is 1.59. The molecule has 2 N–H and O–H groups in total. The number of H-pyrrole nitrogens is 1. The number of hydrogen-bond donors (Lipinski definition) is 2. The van der Waals surface area contributed by atoms with Crippen LogP contribution in [0.1, 0.15) is 33.4 Å². The number of carbonyl (C=O) groups is 1. The fourth-order valence-electron chi connectivity index (χ4n) is 6.35. The van der Waals surface area contributed by atoms with Gasteiger partial charge in [-0.1, -0.05) is 99.6 Å². The van der Waals surface area contributed by atoms with Crippen molar-refractivity contribution >= 4 is 53.5 Å². The molecule has 0 unspecified atom stereocenters. The largest absolute Gasteiger partial charge is 0.484 e. The summed E-state index contributed by atoms with van der Waals surface area (Å²) in [6, 6.07) is 29.9. The first-order chi connectivity index (χ1) is 23.7. The second-order valence-electron chi connectivity index (χ2n) is 12.8. The maximum absolute atomic E-state index is 13.0. The third-order valence-electron chi connectivity index (χ3n) is 8.57. The minimum atomic E-state index is -2.84. The van der Waals surface area contributed by atoms with Crippen LogP contribution in [0.25, 0.3) is 11.2 Å². The lowest BCUT2D eigenvalue weighted by atomic mass is 10.2. The molecule has 1 aliphatic heterocycles. The summed E-state index contributed by atoms with van der Waals surface area (Å²) in [5.41, 5.74) is -0.0660. The quantitative estimate of drug-likeness (QED) is 0.133. The zero-order valence-corrected chi connectivity index (χ0v) is 29.8. The fourth-order valence-corrected chi connectivity index (χ4v) is 11.2. The van der Waals surface area contributed by atoms with Crippen molar-refractivity contribution in [2.45, 2.75) is 50.7 Å². The highest BCUT2D eigenvalue weighted by Gasteiger charge is 2.51. The maximum atomic E-state index is 13.0. The van der Waals surface area contributed by atoms with Gasteiger partial charge in [-0.25, -0.2) is 4.98 Å². The van der Waals surface area contributed by atoms with Gasteiger partial charge in [-0.2, -0.15) is 4.98 Å². The number of thioether (sulfide) groups is 1. The van der Waals surface area contributed by atoms with E-state index in [1.165, 1.54) is 10.4 Å². The molecule has 0 radical (unpaired) electrons. The van der Waals surface area contributed by atoms with Crippen LogP contribution in [0.15, 0.2) is 102 Å². The highest BCUT2D eigenvalue weighted by molar-refractivity contribution is 7.98. The lowest BCUT2D eigenvalue weighted by molar-refractivity contribution is -0.118. The van der Waals surface area contributed by atoms with Gasteiger partial charge < -0.3 is 18.6 Å². The van der Waals surface area contributed by atoms with Crippen LogP contribution in [-0.4, -0.2) is 71.4 Å². The smallest absolute Gasteiger partial charge is 0.280 e. The van der Waals surface area contributed by atoms with E-state index in [0.29, 0.717) is 24.7 Å². The summed E-state index contributed by atoms with van der Waals surface area (Å²) < 4.78 is 27.5. The highest BCUT2D eigenvalue weighted by atomic mass is 32.2. The van der Waals surface area contributed by atoms with Crippen LogP contribution in [0.2, 0.25) is 5.04 Å². The Hall–Kier alpha value is -4.27. The average Bonchev–Trinajstić information content (AvgIpc) is 3.72. The number of fused-ring (bicyclic) bond motifs is 1. The third kappa shape index (κ3) is 7.50. The molecule has 1 fully saturated rings. The summed E-state index contributed by atoms with van der Waals surface area (Å²) in [4.78, 5) is 37.1. The highest BCUT2D eigenvalue weighted by Crippen LogP contribution is 2.39. The van der Waals surface area contributed by atoms with E-state index < -0.39 is 32.1 Å². The van der Waals surface area contributed by atoms with Crippen LogP contribution in [0.3, 0.4) is 0 Å². The number of rotatable bonds is 13. The zero-order valence-electron chi connectivity index (χ0n) is 28.0. The van der Waals surface area contributed by atoms with Crippen LogP contribution >= 0.6 is 11.8 Å². The molecule has 1 amide bonds. The lowest BCUT2D eigenvalue weighted by Crippen LogP contribution is -2.67. The minimum absolute atomic E-state index is 0.0133. The van der Waals surface area contributed by atoms with Crippen molar-refractivity contribution in [2.75, 3.05) is 30.7 Å². The Labute approximate surface area is 290 Å². The standard InChI is InChI=1S/C36H41N5O6SSi/c1-36(2,3)49(26-16-10-6-11-17-26,27-18-12-7-13-19-27)46-21-29-28(45-24-48-4)20-31(47-29)41-23-37-32-33(41)39-35(40-34(32)43)38-30(42)22-44-25-14-8-5-9-15-25/h5-19,23,28-29,31H,20-22,24H2,1-4H3,(H2,38,39,40,42,43)/t28-,29-,31-/m1/s1. The van der Waals surface area contributed by atoms with Gasteiger partial charge >= 0.3 is 0 Å². The molecular weight excluding hydrogens is 659 g/mol. The molecule has 49 heavy (non-hydrogen) atoms. The number of nitrogens with one attached hydrogen (secondary N) is 2. The first-order valence-electron chi connectivity index (χ1n) is 16.1. The van der Waals surface area contributed by atoms with Gasteiger partial charge in [0.2, 0.25) is 5.95 Å². The molecular formula is C36H41N5O6SSi. The van der Waals surface area contributed by atoms with Crippen molar-refractivity contribution in [3.05, 3.63) is 108 Å². The summed E-state index contributed by atoms with van der Waals surface area (Å²) in [5.74, 6) is 0.555. The first kappa shape index (κ1) is 34.6. The molecule has 3 atom stereocenters. The number of carbonyl (C=O) groups excluding carboxylic acids is 1. The number of aromatic nitrogens is 4. The minimum Gasteiger partial charge on any atom is -0.484 e. The van der Waals surface area contributed by atoms with Crippen LogP contribution < -0.4 is 26.0 Å². The summed E-state index contributed by atoms with van der Waals surface area (Å²) in [5, 5.41) is 4.78. The molecule has 0 spiro atoms. The Balaban J connectivity index is 1.25. The molecule has 0 aliphatic carbocycles. The Morgan fingerprint density at radius 3 is 2.27 bits per heavy atom. The molecule has 5 aromatic rings. The Morgan fingerprint density at radius 1 is 1.02 bits per heavy atom. The van der Waals surface area contributed by atoms with Crippen LogP contribution in [0.5, 0.6) is 5.75 Å². The number of anilines is 1. The van der Waals surface area contributed by atoms with Gasteiger partial charge in [-0.15, -0.1) is 11.8 Å². The Bertz CT molecular complexity index is 1860. The lowest BCUT2D eigenvalue weighted by Gasteiger charge is -2.43. The van der Waals surface area contributed by atoms with Gasteiger partial charge in [0.1, 0.15) is 18.1 Å². The summed E-state index contributed by atoms with van der Waals surface area (Å²) in [7, 11) is -2.84. The number of para-hydroxylation sites is 1. The third-order valence-corrected chi connectivity index (χ3v) is 14.0. The maximum Gasteiger partial charge on any atom is 0.280 e. The van der Waals surface area contributed by atoms with Crippen molar-refractivity contribution in [3.63, 3.8) is 0 Å². The van der Waals surface area contributed by atoms with Crippen molar-refractivity contribution < 1.29 is 23.4 Å². The van der Waals surface area contributed by atoms with E-state index in [1.54, 1.807) is 34.8 Å². The number of hydrogen-bond acceptors (Lipinski definition) is 9. The summed E-state index contributed by atoms with van der Waals surface area (Å²) in [6.45, 7) is 6.77. The van der Waals surface area contributed by atoms with E-state index in [9.17, 15) is 9.59 Å². The van der Waals surface area contributed by atoms with E-state index in [2.05, 4.69) is 89.6 Å². The van der Waals surface area contributed by atoms with Gasteiger partial charge in [0, 0.05) is 6.42 Å². The van der Waals surface area contributed by atoms with Crippen LogP contribution in [0, 0.1) is 0 Å². The molecule has 0 bridgehead atoms. The number of nitrogens with zero attached hydrogens (tertiary/aromatic N) is 3. The topological polar surface area (TPSA) is 130 Å². The van der Waals surface area contributed by atoms with E-state index in [0.717, 1.165) is 0 Å². The number of aromatic amines is 1. The average molecular weight is 700 g/mol. The predicted octanol–water partition coefficient (Wildman–Crippen LogP) is 4.71. The predicted molar refractivity (Wildman–Crippen MR) is 194 cm³/mol. The molecule has 6 rings (SSSR count). The van der Waals surface area contributed by atoms with Crippen molar-refractivity contribution in [1.82, 2.24) is 19.5 Å². The van der Waals surface area contributed by atoms with Gasteiger partial charge in [0.15, 0.2) is 17.8 Å². The molecule has 2 aromatic heterocycles. The molecule has 11 nitrogen and oxygen atoms in total. The van der Waals surface area contributed by atoms with Crippen molar-refractivity contribution in [2.24, 2.45) is 0 Å². The second-order valence-corrected chi connectivity index (χ2v) is 18.0. The Morgan fingerprint density at radius 2 is 1.65 bits per heavy atom.